The second kappa shape index (κ2) is 6.52. The van der Waals surface area contributed by atoms with Crippen molar-refractivity contribution in [2.75, 3.05) is 11.9 Å². The number of hydrogen-bond acceptors (Lipinski definition) is 3. The second-order valence-electron chi connectivity index (χ2n) is 3.61. The molecule has 17 heavy (non-hydrogen) atoms. The molecule has 0 spiro atoms. The Morgan fingerprint density at radius 1 is 1.41 bits per heavy atom. The van der Waals surface area contributed by atoms with Crippen molar-refractivity contribution in [3.63, 3.8) is 0 Å². The highest BCUT2D eigenvalue weighted by Gasteiger charge is 2.07. The zero-order valence-electron chi connectivity index (χ0n) is 10.0. The molecular weight excluding hydrogens is 218 g/mol. The van der Waals surface area contributed by atoms with E-state index in [1.54, 1.807) is 19.1 Å². The van der Waals surface area contributed by atoms with Crippen LogP contribution in [-0.2, 0) is 0 Å². The summed E-state index contributed by atoms with van der Waals surface area (Å²) in [5, 5.41) is 17.3. The molecule has 0 fully saturated rings. The summed E-state index contributed by atoms with van der Waals surface area (Å²) in [5.74, 6) is 0. The van der Waals surface area contributed by atoms with Crippen LogP contribution in [0.25, 0.3) is 0 Å². The average Bonchev–Trinajstić information content (AvgIpc) is 2.36. The first-order chi connectivity index (χ1) is 8.19. The molecule has 0 radical (unpaired) electrons. The van der Waals surface area contributed by atoms with E-state index in [9.17, 15) is 4.79 Å². The summed E-state index contributed by atoms with van der Waals surface area (Å²) >= 11 is 0. The number of carbonyl (C=O) groups excluding carboxylic acids is 1. The summed E-state index contributed by atoms with van der Waals surface area (Å²) < 4.78 is 0. The Morgan fingerprint density at radius 3 is 2.76 bits per heavy atom. The van der Waals surface area contributed by atoms with Crippen molar-refractivity contribution in [3.8, 4) is 0 Å². The van der Waals surface area contributed by atoms with Crippen LogP contribution in [0.1, 0.15) is 25.8 Å². The molecule has 3 N–H and O–H groups in total. The standard InChI is InChI=1S/C12H17N3O2/c1-3-8-13-12(16)14-11-7-5-4-6-10(11)9(2)15-17/h4-7,17H,3,8H2,1-2H3,(H2,13,14,16)/b15-9+. The third-order valence-corrected chi connectivity index (χ3v) is 2.25. The van der Waals surface area contributed by atoms with Gasteiger partial charge in [-0.1, -0.05) is 30.3 Å². The number of nitrogens with zero attached hydrogens (tertiary/aromatic N) is 1. The summed E-state index contributed by atoms with van der Waals surface area (Å²) in [5.41, 5.74) is 1.77. The molecule has 0 bridgehead atoms. The number of carbonyl (C=O) groups is 1. The van der Waals surface area contributed by atoms with Gasteiger partial charge in [0.1, 0.15) is 0 Å². The smallest absolute Gasteiger partial charge is 0.319 e. The molecule has 0 unspecified atom stereocenters. The summed E-state index contributed by atoms with van der Waals surface area (Å²) in [6.45, 7) is 4.28. The van der Waals surface area contributed by atoms with Gasteiger partial charge in [0.2, 0.25) is 0 Å². The van der Waals surface area contributed by atoms with E-state index in [0.29, 0.717) is 23.5 Å². The first-order valence-electron chi connectivity index (χ1n) is 5.52. The maximum absolute atomic E-state index is 11.5. The Labute approximate surface area is 101 Å². The van der Waals surface area contributed by atoms with E-state index in [-0.39, 0.29) is 6.03 Å². The normalized spacial score (nSPS) is 11.1. The van der Waals surface area contributed by atoms with Crippen LogP contribution in [0.5, 0.6) is 0 Å². The van der Waals surface area contributed by atoms with Crippen molar-refractivity contribution in [3.05, 3.63) is 29.8 Å². The maximum atomic E-state index is 11.5. The highest BCUT2D eigenvalue weighted by molar-refractivity contribution is 6.05. The Bertz CT molecular complexity index is 416. The van der Waals surface area contributed by atoms with E-state index in [1.165, 1.54) is 0 Å². The molecule has 1 rings (SSSR count). The number of nitrogens with one attached hydrogen (secondary N) is 2. The van der Waals surface area contributed by atoms with Gasteiger partial charge in [0.05, 0.1) is 11.4 Å². The van der Waals surface area contributed by atoms with Gasteiger partial charge in [0.25, 0.3) is 0 Å². The number of rotatable bonds is 4. The summed E-state index contributed by atoms with van der Waals surface area (Å²) in [6, 6.07) is 6.91. The fourth-order valence-electron chi connectivity index (χ4n) is 1.37. The third-order valence-electron chi connectivity index (χ3n) is 2.25. The highest BCUT2D eigenvalue weighted by Crippen LogP contribution is 2.15. The minimum absolute atomic E-state index is 0.259. The van der Waals surface area contributed by atoms with Crippen molar-refractivity contribution in [2.45, 2.75) is 20.3 Å². The van der Waals surface area contributed by atoms with Crippen LogP contribution in [0, 0.1) is 0 Å². The highest BCUT2D eigenvalue weighted by atomic mass is 16.4. The van der Waals surface area contributed by atoms with Gasteiger partial charge >= 0.3 is 6.03 Å². The first kappa shape index (κ1) is 13.0. The zero-order valence-corrected chi connectivity index (χ0v) is 10.0. The fourth-order valence-corrected chi connectivity index (χ4v) is 1.37. The van der Waals surface area contributed by atoms with E-state index >= 15 is 0 Å². The van der Waals surface area contributed by atoms with Gasteiger partial charge in [0, 0.05) is 12.1 Å². The molecule has 0 atom stereocenters. The van der Waals surface area contributed by atoms with Crippen LogP contribution in [0.4, 0.5) is 10.5 Å². The first-order valence-corrected chi connectivity index (χ1v) is 5.52. The number of amides is 2. The molecule has 0 aliphatic heterocycles. The number of oxime groups is 1. The molecule has 0 aromatic heterocycles. The van der Waals surface area contributed by atoms with Gasteiger partial charge in [-0.2, -0.15) is 0 Å². The predicted octanol–water partition coefficient (Wildman–Crippen LogP) is 2.42. The number of hydrogen-bond donors (Lipinski definition) is 3. The predicted molar refractivity (Wildman–Crippen MR) is 67.8 cm³/mol. The van der Waals surface area contributed by atoms with Crippen molar-refractivity contribution in [1.29, 1.82) is 0 Å². The lowest BCUT2D eigenvalue weighted by Crippen LogP contribution is -2.29. The summed E-state index contributed by atoms with van der Waals surface area (Å²) in [6.07, 6.45) is 0.881. The van der Waals surface area contributed by atoms with Gasteiger partial charge in [-0.05, 0) is 19.4 Å². The van der Waals surface area contributed by atoms with E-state index < -0.39 is 0 Å². The van der Waals surface area contributed by atoms with Crippen LogP contribution < -0.4 is 10.6 Å². The lowest BCUT2D eigenvalue weighted by Gasteiger charge is -2.10. The minimum atomic E-state index is -0.259. The lowest BCUT2D eigenvalue weighted by atomic mass is 10.1. The molecule has 2 amide bonds. The Hall–Kier alpha value is -2.04. The van der Waals surface area contributed by atoms with Gasteiger partial charge in [-0.3, -0.25) is 0 Å². The SMILES string of the molecule is CCCNC(=O)Nc1ccccc1/C(C)=N/O. The van der Waals surface area contributed by atoms with Crippen molar-refractivity contribution in [1.82, 2.24) is 5.32 Å². The molecule has 5 heteroatoms. The molecule has 1 aromatic rings. The van der Waals surface area contributed by atoms with Crippen LogP contribution in [0.3, 0.4) is 0 Å². The minimum Gasteiger partial charge on any atom is -0.411 e. The van der Waals surface area contributed by atoms with E-state index in [1.807, 2.05) is 19.1 Å². The molecule has 5 nitrogen and oxygen atoms in total. The molecule has 0 aliphatic carbocycles. The molecule has 0 aliphatic rings. The van der Waals surface area contributed by atoms with E-state index in [2.05, 4.69) is 15.8 Å². The number of para-hydroxylation sites is 1. The van der Waals surface area contributed by atoms with Gasteiger partial charge in [-0.15, -0.1) is 0 Å². The summed E-state index contributed by atoms with van der Waals surface area (Å²) in [4.78, 5) is 11.5. The van der Waals surface area contributed by atoms with Crippen molar-refractivity contribution >= 4 is 17.4 Å². The zero-order chi connectivity index (χ0) is 12.7. The van der Waals surface area contributed by atoms with Gasteiger partial charge in [-0.25, -0.2) is 4.79 Å². The molecule has 0 heterocycles. The second-order valence-corrected chi connectivity index (χ2v) is 3.61. The van der Waals surface area contributed by atoms with Crippen LogP contribution in [0.2, 0.25) is 0 Å². The van der Waals surface area contributed by atoms with E-state index in [0.717, 1.165) is 6.42 Å². The number of benzene rings is 1. The van der Waals surface area contributed by atoms with Crippen molar-refractivity contribution in [2.24, 2.45) is 5.16 Å². The maximum Gasteiger partial charge on any atom is 0.319 e. The topological polar surface area (TPSA) is 73.7 Å². The molecule has 92 valence electrons. The Morgan fingerprint density at radius 2 is 2.12 bits per heavy atom. The molecule has 1 aromatic carbocycles. The molecular formula is C12H17N3O2. The number of anilines is 1. The molecule has 0 saturated heterocycles. The summed E-state index contributed by atoms with van der Waals surface area (Å²) in [7, 11) is 0. The largest absolute Gasteiger partial charge is 0.411 e. The van der Waals surface area contributed by atoms with Crippen LogP contribution in [-0.4, -0.2) is 23.5 Å². The lowest BCUT2D eigenvalue weighted by molar-refractivity contribution is 0.252. The number of urea groups is 1. The van der Waals surface area contributed by atoms with Gasteiger partial charge < -0.3 is 15.8 Å². The average molecular weight is 235 g/mol. The quantitative estimate of drug-likeness (QED) is 0.426. The van der Waals surface area contributed by atoms with Crippen molar-refractivity contribution < 1.29 is 10.0 Å². The van der Waals surface area contributed by atoms with Crippen LogP contribution in [0.15, 0.2) is 29.4 Å². The van der Waals surface area contributed by atoms with Gasteiger partial charge in [0.15, 0.2) is 0 Å². The Balaban J connectivity index is 2.80. The van der Waals surface area contributed by atoms with Crippen LogP contribution >= 0.6 is 0 Å². The Kier molecular flexibility index (Phi) is 5.00. The fraction of sp³-hybridized carbons (Fsp3) is 0.333. The molecule has 0 saturated carbocycles. The van der Waals surface area contributed by atoms with E-state index in [4.69, 9.17) is 5.21 Å². The third kappa shape index (κ3) is 3.79. The monoisotopic (exact) mass is 235 g/mol.